The third kappa shape index (κ3) is 6.87. The normalized spacial score (nSPS) is 12.1. The fraction of sp³-hybridized carbons (Fsp3) is 0.333. The number of nitrogens with one attached hydrogen (secondary N) is 2. The van der Waals surface area contributed by atoms with Crippen LogP contribution < -0.4 is 10.6 Å². The van der Waals surface area contributed by atoms with Crippen LogP contribution in [0.2, 0.25) is 0 Å². The summed E-state index contributed by atoms with van der Waals surface area (Å²) in [7, 11) is 0. The average Bonchev–Trinajstić information content (AvgIpc) is 2.53. The van der Waals surface area contributed by atoms with Crippen LogP contribution in [-0.2, 0) is 14.3 Å². The number of carbonyl (C=O) groups is 3. The zero-order valence-electron chi connectivity index (χ0n) is 14.6. The Morgan fingerprint density at radius 3 is 2.28 bits per heavy atom. The maximum absolute atomic E-state index is 12.0. The lowest BCUT2D eigenvalue weighted by Gasteiger charge is -2.14. The van der Waals surface area contributed by atoms with Gasteiger partial charge in [0, 0.05) is 6.04 Å². The minimum Gasteiger partial charge on any atom is -0.448 e. The van der Waals surface area contributed by atoms with Crippen LogP contribution in [0.3, 0.4) is 0 Å². The molecule has 1 aromatic carbocycles. The maximum Gasteiger partial charge on any atom is 0.349 e. The topological polar surface area (TPSA) is 108 Å². The van der Waals surface area contributed by atoms with Gasteiger partial charge in [-0.15, -0.1) is 0 Å². The molecule has 0 saturated heterocycles. The largest absolute Gasteiger partial charge is 0.448 e. The molecule has 132 valence electrons. The molecule has 3 amide bonds. The molecule has 7 heteroatoms. The van der Waals surface area contributed by atoms with E-state index in [9.17, 15) is 14.4 Å². The zero-order chi connectivity index (χ0) is 19.0. The molecule has 0 aromatic heterocycles. The molecule has 25 heavy (non-hydrogen) atoms. The van der Waals surface area contributed by atoms with Gasteiger partial charge in [-0.05, 0) is 39.3 Å². The Morgan fingerprint density at radius 1 is 1.16 bits per heavy atom. The van der Waals surface area contributed by atoms with Crippen molar-refractivity contribution in [3.63, 3.8) is 0 Å². The number of ether oxygens (including phenoxy) is 1. The summed E-state index contributed by atoms with van der Waals surface area (Å²) in [5.41, 5.74) is 1.46. The lowest BCUT2D eigenvalue weighted by molar-refractivity contribution is -0.150. The van der Waals surface area contributed by atoms with Gasteiger partial charge in [-0.2, -0.15) is 5.26 Å². The average molecular weight is 343 g/mol. The number of urea groups is 1. The van der Waals surface area contributed by atoms with Crippen molar-refractivity contribution in [3.8, 4) is 6.07 Å². The fourth-order valence-corrected chi connectivity index (χ4v) is 1.76. The third-order valence-electron chi connectivity index (χ3n) is 3.04. The van der Waals surface area contributed by atoms with Gasteiger partial charge < -0.3 is 10.1 Å². The predicted octanol–water partition coefficient (Wildman–Crippen LogP) is 2.07. The first-order valence-corrected chi connectivity index (χ1v) is 7.73. The van der Waals surface area contributed by atoms with E-state index in [1.165, 1.54) is 13.0 Å². The van der Waals surface area contributed by atoms with Gasteiger partial charge in [-0.25, -0.2) is 9.59 Å². The predicted molar refractivity (Wildman–Crippen MR) is 92.1 cm³/mol. The van der Waals surface area contributed by atoms with Crippen LogP contribution >= 0.6 is 0 Å². The summed E-state index contributed by atoms with van der Waals surface area (Å²) in [5, 5.41) is 13.7. The van der Waals surface area contributed by atoms with Gasteiger partial charge in [0.2, 0.25) is 0 Å². The second-order valence-electron chi connectivity index (χ2n) is 5.75. The van der Waals surface area contributed by atoms with Gasteiger partial charge >= 0.3 is 12.0 Å². The maximum atomic E-state index is 12.0. The van der Waals surface area contributed by atoms with Crippen molar-refractivity contribution in [2.24, 2.45) is 0 Å². The minimum atomic E-state index is -1.22. The van der Waals surface area contributed by atoms with Gasteiger partial charge in [-0.1, -0.05) is 29.8 Å². The zero-order valence-corrected chi connectivity index (χ0v) is 14.6. The Labute approximate surface area is 146 Å². The van der Waals surface area contributed by atoms with Crippen molar-refractivity contribution in [1.29, 1.82) is 5.26 Å². The molecule has 0 saturated carbocycles. The summed E-state index contributed by atoms with van der Waals surface area (Å²) in [6.45, 7) is 6.71. The van der Waals surface area contributed by atoms with Crippen molar-refractivity contribution < 1.29 is 19.1 Å². The van der Waals surface area contributed by atoms with E-state index in [1.54, 1.807) is 32.0 Å². The number of amides is 3. The summed E-state index contributed by atoms with van der Waals surface area (Å²) in [6.07, 6.45) is 0.151. The van der Waals surface area contributed by atoms with E-state index >= 15 is 0 Å². The molecule has 0 heterocycles. The lowest BCUT2D eigenvalue weighted by Crippen LogP contribution is -2.46. The van der Waals surface area contributed by atoms with E-state index in [2.05, 4.69) is 10.6 Å². The molecule has 1 aromatic rings. The number of esters is 1. The van der Waals surface area contributed by atoms with E-state index in [-0.39, 0.29) is 11.6 Å². The van der Waals surface area contributed by atoms with E-state index in [0.717, 1.165) is 5.56 Å². The number of nitrogens with zero attached hydrogens (tertiary/aromatic N) is 1. The van der Waals surface area contributed by atoms with Crippen LogP contribution in [0.1, 0.15) is 31.9 Å². The summed E-state index contributed by atoms with van der Waals surface area (Å²) >= 11 is 0. The smallest absolute Gasteiger partial charge is 0.349 e. The Balaban J connectivity index is 2.71. The molecular formula is C18H21N3O4. The molecule has 2 N–H and O–H groups in total. The first kappa shape index (κ1) is 19.9. The van der Waals surface area contributed by atoms with Crippen molar-refractivity contribution in [2.45, 2.75) is 39.8 Å². The third-order valence-corrected chi connectivity index (χ3v) is 3.04. The molecule has 1 atom stereocenters. The van der Waals surface area contributed by atoms with Crippen molar-refractivity contribution in [1.82, 2.24) is 10.6 Å². The van der Waals surface area contributed by atoms with Gasteiger partial charge in [0.25, 0.3) is 5.91 Å². The second-order valence-corrected chi connectivity index (χ2v) is 5.75. The summed E-state index contributed by atoms with van der Waals surface area (Å²) in [4.78, 5) is 35.3. The van der Waals surface area contributed by atoms with E-state index in [1.807, 2.05) is 19.1 Å². The van der Waals surface area contributed by atoms with Gasteiger partial charge in [-0.3, -0.25) is 10.1 Å². The SMILES string of the molecule is Cc1ccc(/C=C(\C#N)C(=O)O[C@H](C)C(=O)NC(=O)NC(C)C)cc1. The van der Waals surface area contributed by atoms with Crippen LogP contribution in [0.4, 0.5) is 4.79 Å². The first-order valence-electron chi connectivity index (χ1n) is 7.73. The van der Waals surface area contributed by atoms with Crippen LogP contribution in [0.5, 0.6) is 0 Å². The number of hydrogen-bond acceptors (Lipinski definition) is 5. The number of aryl methyl sites for hydroxylation is 1. The highest BCUT2D eigenvalue weighted by molar-refractivity contribution is 6.01. The molecule has 0 aliphatic rings. The summed E-state index contributed by atoms with van der Waals surface area (Å²) < 4.78 is 4.95. The quantitative estimate of drug-likeness (QED) is 0.483. The standard InChI is InChI=1S/C18H21N3O4/c1-11(2)20-18(24)21-16(22)13(4)25-17(23)15(10-19)9-14-7-5-12(3)6-8-14/h5-9,11,13H,1-4H3,(H2,20,21,22,24)/b15-9+/t13-/m1/s1. The number of rotatable bonds is 5. The number of hydrogen-bond donors (Lipinski definition) is 2. The molecule has 0 bridgehead atoms. The summed E-state index contributed by atoms with van der Waals surface area (Å²) in [5.74, 6) is -1.71. The Kier molecular flexibility index (Phi) is 7.35. The monoisotopic (exact) mass is 343 g/mol. The van der Waals surface area contributed by atoms with Crippen molar-refractivity contribution in [2.75, 3.05) is 0 Å². The minimum absolute atomic E-state index is 0.145. The number of nitriles is 1. The van der Waals surface area contributed by atoms with Crippen molar-refractivity contribution >= 4 is 24.0 Å². The molecule has 7 nitrogen and oxygen atoms in total. The van der Waals surface area contributed by atoms with Crippen molar-refractivity contribution in [3.05, 3.63) is 41.0 Å². The molecular weight excluding hydrogens is 322 g/mol. The fourth-order valence-electron chi connectivity index (χ4n) is 1.76. The highest BCUT2D eigenvalue weighted by Crippen LogP contribution is 2.10. The van der Waals surface area contributed by atoms with E-state index < -0.39 is 24.0 Å². The second kappa shape index (κ2) is 9.23. The molecule has 0 fully saturated rings. The van der Waals surface area contributed by atoms with Gasteiger partial charge in [0.15, 0.2) is 6.10 Å². The number of carbonyl (C=O) groups excluding carboxylic acids is 3. The lowest BCUT2D eigenvalue weighted by atomic mass is 10.1. The Morgan fingerprint density at radius 2 is 1.76 bits per heavy atom. The van der Waals surface area contributed by atoms with Gasteiger partial charge in [0.05, 0.1) is 0 Å². The molecule has 0 unspecified atom stereocenters. The Hall–Kier alpha value is -3.14. The van der Waals surface area contributed by atoms with Crippen LogP contribution in [0.25, 0.3) is 6.08 Å². The van der Waals surface area contributed by atoms with E-state index in [0.29, 0.717) is 5.56 Å². The van der Waals surface area contributed by atoms with Crippen LogP contribution in [0, 0.1) is 18.3 Å². The number of benzene rings is 1. The highest BCUT2D eigenvalue weighted by atomic mass is 16.5. The van der Waals surface area contributed by atoms with Crippen LogP contribution in [0.15, 0.2) is 29.8 Å². The van der Waals surface area contributed by atoms with Gasteiger partial charge in [0.1, 0.15) is 11.6 Å². The van der Waals surface area contributed by atoms with E-state index in [4.69, 9.17) is 10.00 Å². The summed E-state index contributed by atoms with van der Waals surface area (Å²) in [6, 6.07) is 8.12. The molecule has 0 spiro atoms. The highest BCUT2D eigenvalue weighted by Gasteiger charge is 2.22. The molecule has 1 rings (SSSR count). The Bertz CT molecular complexity index is 715. The number of imide groups is 1. The molecule has 0 aliphatic heterocycles. The van der Waals surface area contributed by atoms with Crippen LogP contribution in [-0.4, -0.2) is 30.1 Å². The molecule has 0 radical (unpaired) electrons. The molecule has 0 aliphatic carbocycles. The first-order chi connectivity index (χ1) is 11.7.